The number of likely N-dealkylation sites (tertiary alicyclic amines) is 1. The van der Waals surface area contributed by atoms with E-state index in [1.54, 1.807) is 7.11 Å². The molecular weight excluding hydrogens is 512 g/mol. The number of methoxy groups -OCH3 is 1. The van der Waals surface area contributed by atoms with Gasteiger partial charge in [0.15, 0.2) is 0 Å². The highest BCUT2D eigenvalue weighted by atomic mass is 16.5. The van der Waals surface area contributed by atoms with Crippen LogP contribution < -0.4 is 10.1 Å². The molecule has 2 unspecified atom stereocenters. The molecule has 2 atom stereocenters. The van der Waals surface area contributed by atoms with E-state index in [0.717, 1.165) is 49.5 Å². The van der Waals surface area contributed by atoms with Crippen molar-refractivity contribution in [1.82, 2.24) is 20.0 Å². The summed E-state index contributed by atoms with van der Waals surface area (Å²) in [7, 11) is 1.68. The van der Waals surface area contributed by atoms with Crippen LogP contribution in [0.2, 0.25) is 0 Å². The zero-order chi connectivity index (χ0) is 28.8. The highest BCUT2D eigenvalue weighted by Gasteiger charge is 2.43. The van der Waals surface area contributed by atoms with E-state index in [4.69, 9.17) is 4.74 Å². The molecule has 216 valence electrons. The lowest BCUT2D eigenvalue weighted by molar-refractivity contribution is -0.135. The van der Waals surface area contributed by atoms with Gasteiger partial charge in [0, 0.05) is 50.9 Å². The quantitative estimate of drug-likeness (QED) is 0.447. The number of hydrogen-bond acceptors (Lipinski definition) is 5. The van der Waals surface area contributed by atoms with Crippen molar-refractivity contribution >= 4 is 11.8 Å². The summed E-state index contributed by atoms with van der Waals surface area (Å²) >= 11 is 0. The first-order chi connectivity index (χ1) is 19.9. The lowest BCUT2D eigenvalue weighted by Gasteiger charge is -2.30. The van der Waals surface area contributed by atoms with E-state index in [-0.39, 0.29) is 17.9 Å². The summed E-state index contributed by atoms with van der Waals surface area (Å²) in [5.41, 5.74) is 5.36. The molecule has 41 heavy (non-hydrogen) atoms. The molecule has 2 saturated heterocycles. The van der Waals surface area contributed by atoms with Gasteiger partial charge in [-0.1, -0.05) is 54.1 Å². The Bertz CT molecular complexity index is 1330. The number of nitrogens with one attached hydrogen (secondary N) is 1. The van der Waals surface area contributed by atoms with Crippen molar-refractivity contribution in [2.45, 2.75) is 51.9 Å². The third kappa shape index (κ3) is 6.97. The maximum Gasteiger partial charge on any atom is 0.254 e. The first-order valence-corrected chi connectivity index (χ1v) is 14.7. The van der Waals surface area contributed by atoms with E-state index in [1.165, 1.54) is 11.1 Å². The maximum absolute atomic E-state index is 14.0. The minimum Gasteiger partial charge on any atom is -0.497 e. The van der Waals surface area contributed by atoms with E-state index in [2.05, 4.69) is 53.5 Å². The van der Waals surface area contributed by atoms with Crippen LogP contribution in [0.1, 0.15) is 45.5 Å². The second kappa shape index (κ2) is 13.3. The Labute approximate surface area is 244 Å². The third-order valence-corrected chi connectivity index (χ3v) is 8.45. The maximum atomic E-state index is 14.0. The number of aryl methyl sites for hydroxylation is 2. The molecule has 0 radical (unpaired) electrons. The summed E-state index contributed by atoms with van der Waals surface area (Å²) in [6.07, 6.45) is 1.53. The van der Waals surface area contributed by atoms with Crippen molar-refractivity contribution in [1.29, 1.82) is 0 Å². The molecule has 0 aromatic heterocycles. The van der Waals surface area contributed by atoms with Gasteiger partial charge in [0.1, 0.15) is 11.8 Å². The fraction of sp³-hybridized carbons (Fsp3) is 0.412. The van der Waals surface area contributed by atoms with Crippen molar-refractivity contribution in [2.24, 2.45) is 0 Å². The van der Waals surface area contributed by atoms with Gasteiger partial charge >= 0.3 is 0 Å². The molecule has 2 fully saturated rings. The third-order valence-electron chi connectivity index (χ3n) is 8.45. The molecule has 3 aromatic rings. The molecular formula is C34H42N4O3. The lowest BCUT2D eigenvalue weighted by atomic mass is 10.0. The van der Waals surface area contributed by atoms with Gasteiger partial charge in [-0.05, 0) is 74.2 Å². The molecule has 7 nitrogen and oxygen atoms in total. The number of nitrogens with zero attached hydrogens (tertiary/aromatic N) is 3. The molecule has 0 bridgehead atoms. The van der Waals surface area contributed by atoms with Gasteiger partial charge in [-0.25, -0.2) is 0 Å². The van der Waals surface area contributed by atoms with Crippen LogP contribution in [-0.2, 0) is 17.9 Å². The summed E-state index contributed by atoms with van der Waals surface area (Å²) < 4.78 is 5.50. The number of rotatable bonds is 8. The average molecular weight is 555 g/mol. The molecule has 3 aromatic carbocycles. The standard InChI is InChI=1S/C34H42N4O3/c1-25-12-14-28(15-13-25)33(39)38-24-30(21-32(38)34(40)36-18-7-16-35-17-19-36)37(23-29-10-5-4-8-26(29)2)22-27-9-6-11-31(20-27)41-3/h4-6,8-15,20,30,32,35H,7,16-19,21-24H2,1-3H3. The van der Waals surface area contributed by atoms with Crippen LogP contribution in [0.25, 0.3) is 0 Å². The largest absolute Gasteiger partial charge is 0.497 e. The monoisotopic (exact) mass is 554 g/mol. The second-order valence-corrected chi connectivity index (χ2v) is 11.3. The van der Waals surface area contributed by atoms with Crippen LogP contribution in [0, 0.1) is 13.8 Å². The predicted octanol–water partition coefficient (Wildman–Crippen LogP) is 4.42. The Morgan fingerprint density at radius 3 is 2.54 bits per heavy atom. The van der Waals surface area contributed by atoms with Crippen LogP contribution in [0.3, 0.4) is 0 Å². The minimum atomic E-state index is -0.489. The smallest absolute Gasteiger partial charge is 0.254 e. The van der Waals surface area contributed by atoms with Gasteiger partial charge in [0.05, 0.1) is 7.11 Å². The van der Waals surface area contributed by atoms with Crippen LogP contribution in [0.5, 0.6) is 5.75 Å². The molecule has 7 heteroatoms. The van der Waals surface area contributed by atoms with Gasteiger partial charge in [-0.3, -0.25) is 14.5 Å². The Morgan fingerprint density at radius 2 is 1.76 bits per heavy atom. The number of carbonyl (C=O) groups excluding carboxylic acids is 2. The molecule has 2 aliphatic rings. The van der Waals surface area contributed by atoms with Gasteiger partial charge in [0.2, 0.25) is 5.91 Å². The van der Waals surface area contributed by atoms with Crippen LogP contribution >= 0.6 is 0 Å². The summed E-state index contributed by atoms with van der Waals surface area (Å²) in [6.45, 7) is 9.16. The van der Waals surface area contributed by atoms with E-state index in [9.17, 15) is 9.59 Å². The van der Waals surface area contributed by atoms with Crippen molar-refractivity contribution < 1.29 is 14.3 Å². The van der Waals surface area contributed by atoms with Gasteiger partial charge < -0.3 is 19.9 Å². The van der Waals surface area contributed by atoms with Gasteiger partial charge in [-0.15, -0.1) is 0 Å². The molecule has 0 saturated carbocycles. The van der Waals surface area contributed by atoms with Crippen LogP contribution in [-0.4, -0.2) is 78.4 Å². The van der Waals surface area contributed by atoms with Crippen LogP contribution in [0.15, 0.2) is 72.8 Å². The van der Waals surface area contributed by atoms with E-state index in [1.807, 2.05) is 53.1 Å². The van der Waals surface area contributed by atoms with E-state index < -0.39 is 6.04 Å². The molecule has 2 aliphatic heterocycles. The summed E-state index contributed by atoms with van der Waals surface area (Å²) in [4.78, 5) is 34.2. The zero-order valence-electron chi connectivity index (χ0n) is 24.5. The Morgan fingerprint density at radius 1 is 0.951 bits per heavy atom. The molecule has 2 heterocycles. The number of amides is 2. The topological polar surface area (TPSA) is 65.1 Å². The molecule has 1 N–H and O–H groups in total. The number of benzene rings is 3. The van der Waals surface area contributed by atoms with E-state index >= 15 is 0 Å². The zero-order valence-corrected chi connectivity index (χ0v) is 24.5. The van der Waals surface area contributed by atoms with E-state index in [0.29, 0.717) is 31.6 Å². The SMILES string of the molecule is COc1cccc(CN(Cc2ccccc2C)C2CC(C(=O)N3CCCNCC3)N(C(=O)c3ccc(C)cc3)C2)c1. The first kappa shape index (κ1) is 28.8. The normalized spacial score (nSPS) is 19.3. The Hall–Kier alpha value is -3.68. The minimum absolute atomic E-state index is 0.0225. The lowest BCUT2D eigenvalue weighted by Crippen LogP contribution is -2.48. The Kier molecular flexibility index (Phi) is 9.37. The van der Waals surface area contributed by atoms with Crippen molar-refractivity contribution in [3.8, 4) is 5.75 Å². The average Bonchev–Trinajstić information content (AvgIpc) is 3.25. The van der Waals surface area contributed by atoms with Crippen molar-refractivity contribution in [3.63, 3.8) is 0 Å². The number of hydrogen-bond donors (Lipinski definition) is 1. The highest BCUT2D eigenvalue weighted by molar-refractivity contribution is 5.98. The first-order valence-electron chi connectivity index (χ1n) is 14.7. The summed E-state index contributed by atoms with van der Waals surface area (Å²) in [5, 5.41) is 3.39. The van der Waals surface area contributed by atoms with Gasteiger partial charge in [0.25, 0.3) is 5.91 Å². The summed E-state index contributed by atoms with van der Waals surface area (Å²) in [5.74, 6) is 0.814. The highest BCUT2D eigenvalue weighted by Crippen LogP contribution is 2.29. The molecule has 2 amide bonds. The molecule has 5 rings (SSSR count). The number of ether oxygens (including phenoxy) is 1. The van der Waals surface area contributed by atoms with Crippen LogP contribution in [0.4, 0.5) is 0 Å². The van der Waals surface area contributed by atoms with Crippen molar-refractivity contribution in [3.05, 3.63) is 101 Å². The Balaban J connectivity index is 1.47. The van der Waals surface area contributed by atoms with Crippen molar-refractivity contribution in [2.75, 3.05) is 39.8 Å². The molecule has 0 aliphatic carbocycles. The fourth-order valence-electron chi connectivity index (χ4n) is 6.00. The predicted molar refractivity (Wildman–Crippen MR) is 162 cm³/mol. The fourth-order valence-corrected chi connectivity index (χ4v) is 6.00. The number of carbonyl (C=O) groups is 2. The molecule has 0 spiro atoms. The second-order valence-electron chi connectivity index (χ2n) is 11.3. The summed E-state index contributed by atoms with van der Waals surface area (Å²) in [6, 6.07) is 23.8. The van der Waals surface area contributed by atoms with Gasteiger partial charge in [-0.2, -0.15) is 0 Å².